The van der Waals surface area contributed by atoms with Gasteiger partial charge < -0.3 is 4.74 Å². The quantitative estimate of drug-likeness (QED) is 0.188. The number of rotatable bonds is 7. The van der Waals surface area contributed by atoms with E-state index in [-0.39, 0.29) is 0 Å². The van der Waals surface area contributed by atoms with Crippen molar-refractivity contribution in [3.8, 4) is 0 Å². The summed E-state index contributed by atoms with van der Waals surface area (Å²) in [6.45, 7) is 3.99. The van der Waals surface area contributed by atoms with E-state index < -0.39 is 0 Å². The summed E-state index contributed by atoms with van der Waals surface area (Å²) >= 11 is 0. The molecule has 0 aliphatic rings. The SMILES string of the molecule is CCCOCCCN(N)[C]=O. The van der Waals surface area contributed by atoms with Gasteiger partial charge in [0.15, 0.2) is 0 Å². The number of carbonyl (C=O) groups excluding carboxylic acids is 1. The molecule has 4 heteroatoms. The van der Waals surface area contributed by atoms with E-state index in [1.165, 1.54) is 0 Å². The minimum Gasteiger partial charge on any atom is -0.381 e. The normalized spacial score (nSPS) is 9.64. The maximum Gasteiger partial charge on any atom is 0.327 e. The Morgan fingerprint density at radius 3 is 2.82 bits per heavy atom. The molecule has 0 spiro atoms. The van der Waals surface area contributed by atoms with E-state index in [1.807, 2.05) is 0 Å². The van der Waals surface area contributed by atoms with Crippen LogP contribution in [0.2, 0.25) is 0 Å². The molecule has 11 heavy (non-hydrogen) atoms. The van der Waals surface area contributed by atoms with Crippen molar-refractivity contribution in [2.24, 2.45) is 5.84 Å². The molecule has 4 nitrogen and oxygen atoms in total. The Morgan fingerprint density at radius 1 is 1.55 bits per heavy atom. The smallest absolute Gasteiger partial charge is 0.327 e. The average Bonchev–Trinajstić information content (AvgIpc) is 2.04. The van der Waals surface area contributed by atoms with E-state index in [0.29, 0.717) is 13.2 Å². The molecular formula is C7H15N2O2. The molecule has 2 N–H and O–H groups in total. The van der Waals surface area contributed by atoms with Gasteiger partial charge in [-0.2, -0.15) is 0 Å². The van der Waals surface area contributed by atoms with Crippen molar-refractivity contribution >= 4 is 6.41 Å². The second kappa shape index (κ2) is 7.50. The van der Waals surface area contributed by atoms with Gasteiger partial charge in [-0.25, -0.2) is 5.84 Å². The van der Waals surface area contributed by atoms with Gasteiger partial charge in [0.05, 0.1) is 0 Å². The standard InChI is InChI=1S/C7H15N2O2/c1-2-5-11-6-3-4-9(8)7-10/h2-6,8H2,1H3. The largest absolute Gasteiger partial charge is 0.381 e. The van der Waals surface area contributed by atoms with Crippen LogP contribution in [0, 0.1) is 0 Å². The van der Waals surface area contributed by atoms with Crippen LogP contribution in [0.3, 0.4) is 0 Å². The molecule has 0 atom stereocenters. The first kappa shape index (κ1) is 10.4. The molecule has 0 saturated heterocycles. The van der Waals surface area contributed by atoms with Crippen LogP contribution in [0.15, 0.2) is 0 Å². The Bertz CT molecular complexity index is 98.4. The van der Waals surface area contributed by atoms with Gasteiger partial charge in [-0.05, 0) is 12.8 Å². The molecular weight excluding hydrogens is 144 g/mol. The number of hydrogen-bond donors (Lipinski definition) is 1. The lowest BCUT2D eigenvalue weighted by Gasteiger charge is -2.07. The topological polar surface area (TPSA) is 55.6 Å². The lowest BCUT2D eigenvalue weighted by atomic mass is 10.4. The third-order valence-corrected chi connectivity index (χ3v) is 1.15. The fourth-order valence-electron chi connectivity index (χ4n) is 0.629. The Kier molecular flexibility index (Phi) is 7.08. The third-order valence-electron chi connectivity index (χ3n) is 1.15. The number of hydrazine groups is 1. The van der Waals surface area contributed by atoms with Gasteiger partial charge in [-0.15, -0.1) is 0 Å². The molecule has 0 aliphatic carbocycles. The zero-order valence-electron chi connectivity index (χ0n) is 6.88. The van der Waals surface area contributed by atoms with Crippen LogP contribution in [0.4, 0.5) is 0 Å². The molecule has 0 saturated carbocycles. The highest BCUT2D eigenvalue weighted by Crippen LogP contribution is 1.85. The molecule has 0 fully saturated rings. The second-order valence-electron chi connectivity index (χ2n) is 2.25. The van der Waals surface area contributed by atoms with Crippen molar-refractivity contribution in [3.63, 3.8) is 0 Å². The molecule has 0 heterocycles. The number of nitrogens with zero attached hydrogens (tertiary/aromatic N) is 1. The molecule has 0 bridgehead atoms. The summed E-state index contributed by atoms with van der Waals surface area (Å²) in [5, 5.41) is 0.995. The van der Waals surface area contributed by atoms with Crippen molar-refractivity contribution in [2.75, 3.05) is 19.8 Å². The summed E-state index contributed by atoms with van der Waals surface area (Å²) in [6.07, 6.45) is 3.35. The van der Waals surface area contributed by atoms with Crippen molar-refractivity contribution in [2.45, 2.75) is 19.8 Å². The maximum absolute atomic E-state index is 9.86. The van der Waals surface area contributed by atoms with Crippen molar-refractivity contribution in [1.29, 1.82) is 0 Å². The summed E-state index contributed by atoms with van der Waals surface area (Å²) in [5.74, 6) is 5.14. The maximum atomic E-state index is 9.86. The van der Waals surface area contributed by atoms with Gasteiger partial charge in [-0.3, -0.25) is 9.80 Å². The minimum atomic E-state index is 0.507. The summed E-state index contributed by atoms with van der Waals surface area (Å²) in [6, 6.07) is 0. The molecule has 1 radical (unpaired) electrons. The highest BCUT2D eigenvalue weighted by atomic mass is 16.5. The van der Waals surface area contributed by atoms with Gasteiger partial charge in [0.2, 0.25) is 0 Å². The van der Waals surface area contributed by atoms with Crippen molar-refractivity contribution in [3.05, 3.63) is 0 Å². The van der Waals surface area contributed by atoms with Crippen LogP contribution in [0.5, 0.6) is 0 Å². The molecule has 0 aliphatic heterocycles. The molecule has 0 rings (SSSR count). The van der Waals surface area contributed by atoms with Crippen LogP contribution < -0.4 is 5.84 Å². The Hall–Kier alpha value is -0.610. The molecule has 65 valence electrons. The minimum absolute atomic E-state index is 0.507. The monoisotopic (exact) mass is 159 g/mol. The third kappa shape index (κ3) is 7.29. The zero-order chi connectivity index (χ0) is 8.53. The van der Waals surface area contributed by atoms with Crippen LogP contribution in [0.1, 0.15) is 19.8 Å². The Morgan fingerprint density at radius 2 is 2.27 bits per heavy atom. The fourth-order valence-corrected chi connectivity index (χ4v) is 0.629. The second-order valence-corrected chi connectivity index (χ2v) is 2.25. The average molecular weight is 159 g/mol. The van der Waals surface area contributed by atoms with E-state index in [0.717, 1.165) is 24.5 Å². The van der Waals surface area contributed by atoms with Crippen LogP contribution in [-0.4, -0.2) is 31.2 Å². The van der Waals surface area contributed by atoms with E-state index >= 15 is 0 Å². The zero-order valence-corrected chi connectivity index (χ0v) is 6.88. The van der Waals surface area contributed by atoms with Gasteiger partial charge >= 0.3 is 6.41 Å². The van der Waals surface area contributed by atoms with E-state index in [1.54, 1.807) is 6.41 Å². The number of amides is 1. The predicted octanol–water partition coefficient (Wildman–Crippen LogP) is 0.0460. The van der Waals surface area contributed by atoms with Crippen LogP contribution in [-0.2, 0) is 9.53 Å². The van der Waals surface area contributed by atoms with Gasteiger partial charge in [0.1, 0.15) is 0 Å². The van der Waals surface area contributed by atoms with Gasteiger partial charge in [0, 0.05) is 19.8 Å². The predicted molar refractivity (Wildman–Crippen MR) is 42.3 cm³/mol. The first-order valence-corrected chi connectivity index (χ1v) is 3.79. The molecule has 0 unspecified atom stereocenters. The molecule has 1 amide bonds. The Labute approximate surface area is 67.3 Å². The van der Waals surface area contributed by atoms with Crippen molar-refractivity contribution < 1.29 is 9.53 Å². The van der Waals surface area contributed by atoms with Gasteiger partial charge in [-0.1, -0.05) is 6.92 Å². The first-order valence-electron chi connectivity index (χ1n) is 3.79. The number of hydrogen-bond acceptors (Lipinski definition) is 3. The lowest BCUT2D eigenvalue weighted by Crippen LogP contribution is -2.30. The van der Waals surface area contributed by atoms with Gasteiger partial charge in [0.25, 0.3) is 0 Å². The molecule has 0 aromatic rings. The summed E-state index contributed by atoms with van der Waals surface area (Å²) in [7, 11) is 0. The van der Waals surface area contributed by atoms with Crippen molar-refractivity contribution in [1.82, 2.24) is 5.01 Å². The fraction of sp³-hybridized carbons (Fsp3) is 0.857. The Balaban J connectivity index is 2.95. The highest BCUT2D eigenvalue weighted by molar-refractivity contribution is 5.46. The van der Waals surface area contributed by atoms with Crippen LogP contribution in [0.25, 0.3) is 0 Å². The first-order chi connectivity index (χ1) is 5.31. The highest BCUT2D eigenvalue weighted by Gasteiger charge is 1.93. The number of nitrogens with two attached hydrogens (primary N) is 1. The summed E-state index contributed by atoms with van der Waals surface area (Å²) in [4.78, 5) is 9.86. The summed E-state index contributed by atoms with van der Waals surface area (Å²) < 4.78 is 5.17. The summed E-state index contributed by atoms with van der Waals surface area (Å²) in [5.41, 5.74) is 0. The van der Waals surface area contributed by atoms with Crippen LogP contribution >= 0.6 is 0 Å². The lowest BCUT2D eigenvalue weighted by molar-refractivity contribution is 0.127. The van der Waals surface area contributed by atoms with E-state index in [9.17, 15) is 4.79 Å². The van der Waals surface area contributed by atoms with E-state index in [4.69, 9.17) is 10.6 Å². The van der Waals surface area contributed by atoms with E-state index in [2.05, 4.69) is 6.92 Å². The molecule has 0 aromatic heterocycles. The molecule has 0 aromatic carbocycles. The number of ether oxygens (including phenoxy) is 1.